The fourth-order valence-electron chi connectivity index (χ4n) is 1.89. The molecule has 2 aromatic rings. The normalized spacial score (nSPS) is 10.5. The fourth-order valence-corrected chi connectivity index (χ4v) is 1.89. The Bertz CT molecular complexity index is 579. The summed E-state index contributed by atoms with van der Waals surface area (Å²) in [5.41, 5.74) is 1.28. The summed E-state index contributed by atoms with van der Waals surface area (Å²) < 4.78 is 14.4. The van der Waals surface area contributed by atoms with Crippen LogP contribution in [0.2, 0.25) is 0 Å². The van der Waals surface area contributed by atoms with Crippen LogP contribution in [0.1, 0.15) is 24.2 Å². The monoisotopic (exact) mass is 257 g/mol. The molecule has 2 nitrogen and oxygen atoms in total. The number of carbonyl (C=O) groups is 1. The van der Waals surface area contributed by atoms with Gasteiger partial charge >= 0.3 is 0 Å². The van der Waals surface area contributed by atoms with Crippen molar-refractivity contribution >= 4 is 5.91 Å². The molecule has 0 spiro atoms. The molecule has 2 rings (SSSR count). The molecule has 0 atom stereocenters. The predicted molar refractivity (Wildman–Crippen MR) is 74.4 cm³/mol. The first kappa shape index (κ1) is 13.3. The maximum Gasteiger partial charge on any atom is 0.254 e. The molecule has 98 valence electrons. The molecule has 0 aliphatic rings. The molecule has 2 aromatic carbocycles. The minimum atomic E-state index is -0.480. The van der Waals surface area contributed by atoms with Crippen molar-refractivity contribution in [3.05, 3.63) is 59.9 Å². The van der Waals surface area contributed by atoms with Crippen LogP contribution >= 0.6 is 0 Å². The lowest BCUT2D eigenvalue weighted by Gasteiger charge is -2.11. The van der Waals surface area contributed by atoms with E-state index < -0.39 is 5.82 Å². The van der Waals surface area contributed by atoms with Gasteiger partial charge in [0.15, 0.2) is 0 Å². The molecule has 3 heteroatoms. The minimum Gasteiger partial charge on any atom is -0.350 e. The summed E-state index contributed by atoms with van der Waals surface area (Å²) in [7, 11) is 0. The molecule has 0 aliphatic carbocycles. The molecular formula is C16H16FNO. The highest BCUT2D eigenvalue weighted by molar-refractivity contribution is 5.96. The van der Waals surface area contributed by atoms with Crippen LogP contribution in [-0.4, -0.2) is 11.9 Å². The molecule has 19 heavy (non-hydrogen) atoms. The van der Waals surface area contributed by atoms with E-state index in [1.165, 1.54) is 6.07 Å². The van der Waals surface area contributed by atoms with Crippen LogP contribution in [0.25, 0.3) is 11.1 Å². The lowest BCUT2D eigenvalue weighted by Crippen LogP contribution is -2.30. The maximum atomic E-state index is 14.4. The molecule has 0 fully saturated rings. The highest BCUT2D eigenvalue weighted by Crippen LogP contribution is 2.24. The summed E-state index contributed by atoms with van der Waals surface area (Å²) in [4.78, 5) is 11.9. The molecule has 0 saturated heterocycles. The van der Waals surface area contributed by atoms with Gasteiger partial charge in [-0.15, -0.1) is 0 Å². The third-order valence-electron chi connectivity index (χ3n) is 2.75. The molecule has 0 bridgehead atoms. The average Bonchev–Trinajstić information content (AvgIpc) is 2.39. The van der Waals surface area contributed by atoms with E-state index in [0.29, 0.717) is 5.56 Å². The van der Waals surface area contributed by atoms with Crippen LogP contribution < -0.4 is 5.32 Å². The van der Waals surface area contributed by atoms with Crippen molar-refractivity contribution in [2.75, 3.05) is 0 Å². The highest BCUT2D eigenvalue weighted by atomic mass is 19.1. The Balaban J connectivity index is 2.42. The van der Waals surface area contributed by atoms with Crippen molar-refractivity contribution in [3.63, 3.8) is 0 Å². The number of rotatable bonds is 3. The van der Waals surface area contributed by atoms with Gasteiger partial charge in [-0.3, -0.25) is 4.79 Å². The van der Waals surface area contributed by atoms with E-state index in [9.17, 15) is 9.18 Å². The quantitative estimate of drug-likeness (QED) is 0.893. The summed E-state index contributed by atoms with van der Waals surface area (Å²) >= 11 is 0. The Morgan fingerprint density at radius 2 is 1.74 bits per heavy atom. The Labute approximate surface area is 112 Å². The van der Waals surface area contributed by atoms with Gasteiger partial charge in [0.25, 0.3) is 5.91 Å². The topological polar surface area (TPSA) is 29.1 Å². The maximum absolute atomic E-state index is 14.4. The van der Waals surface area contributed by atoms with Crippen LogP contribution in [0.4, 0.5) is 4.39 Å². The van der Waals surface area contributed by atoms with Crippen LogP contribution in [0.3, 0.4) is 0 Å². The predicted octanol–water partition coefficient (Wildman–Crippen LogP) is 3.63. The Morgan fingerprint density at radius 1 is 1.05 bits per heavy atom. The van der Waals surface area contributed by atoms with Gasteiger partial charge in [-0.25, -0.2) is 4.39 Å². The zero-order valence-electron chi connectivity index (χ0n) is 11.0. The van der Waals surface area contributed by atoms with E-state index in [2.05, 4.69) is 5.32 Å². The number of benzene rings is 2. The van der Waals surface area contributed by atoms with E-state index in [-0.39, 0.29) is 17.5 Å². The summed E-state index contributed by atoms with van der Waals surface area (Å²) in [6, 6.07) is 14.1. The zero-order valence-corrected chi connectivity index (χ0v) is 11.0. The van der Waals surface area contributed by atoms with Gasteiger partial charge in [-0.05, 0) is 25.5 Å². The number of halogens is 1. The van der Waals surface area contributed by atoms with Gasteiger partial charge in [-0.1, -0.05) is 42.5 Å². The fraction of sp³-hybridized carbons (Fsp3) is 0.188. The number of carbonyl (C=O) groups excluding carboxylic acids is 1. The van der Waals surface area contributed by atoms with Gasteiger partial charge in [0, 0.05) is 11.6 Å². The summed E-state index contributed by atoms with van der Waals surface area (Å²) in [6.45, 7) is 3.69. The van der Waals surface area contributed by atoms with Gasteiger partial charge in [0.2, 0.25) is 0 Å². The highest BCUT2D eigenvalue weighted by Gasteiger charge is 2.16. The van der Waals surface area contributed by atoms with Crippen molar-refractivity contribution in [2.24, 2.45) is 0 Å². The van der Waals surface area contributed by atoms with E-state index in [0.717, 1.165) is 5.56 Å². The third-order valence-corrected chi connectivity index (χ3v) is 2.75. The molecule has 0 saturated carbocycles. The second-order valence-corrected chi connectivity index (χ2v) is 4.66. The van der Waals surface area contributed by atoms with Crippen LogP contribution in [0.15, 0.2) is 48.5 Å². The van der Waals surface area contributed by atoms with Gasteiger partial charge < -0.3 is 5.32 Å². The second-order valence-electron chi connectivity index (χ2n) is 4.66. The van der Waals surface area contributed by atoms with Crippen LogP contribution in [0, 0.1) is 5.82 Å². The van der Waals surface area contributed by atoms with Crippen LogP contribution in [0.5, 0.6) is 0 Å². The lowest BCUT2D eigenvalue weighted by atomic mass is 10.0. The zero-order chi connectivity index (χ0) is 13.8. The van der Waals surface area contributed by atoms with E-state index in [1.54, 1.807) is 12.1 Å². The summed E-state index contributed by atoms with van der Waals surface area (Å²) in [5.74, 6) is -0.864. The number of nitrogens with one attached hydrogen (secondary N) is 1. The lowest BCUT2D eigenvalue weighted by molar-refractivity contribution is 0.0939. The minimum absolute atomic E-state index is 0.0210. The first-order valence-corrected chi connectivity index (χ1v) is 6.24. The first-order valence-electron chi connectivity index (χ1n) is 6.24. The number of hydrogen-bond acceptors (Lipinski definition) is 1. The second kappa shape index (κ2) is 5.65. The Morgan fingerprint density at radius 3 is 2.37 bits per heavy atom. The van der Waals surface area contributed by atoms with E-state index in [1.807, 2.05) is 44.2 Å². The molecule has 1 N–H and O–H groups in total. The number of hydrogen-bond donors (Lipinski definition) is 1. The molecule has 0 heterocycles. The van der Waals surface area contributed by atoms with Gasteiger partial charge in [0.05, 0.1) is 5.56 Å². The smallest absolute Gasteiger partial charge is 0.254 e. The van der Waals surface area contributed by atoms with Crippen molar-refractivity contribution in [2.45, 2.75) is 19.9 Å². The summed E-state index contributed by atoms with van der Waals surface area (Å²) in [5, 5.41) is 2.70. The van der Waals surface area contributed by atoms with Gasteiger partial charge in [0.1, 0.15) is 5.82 Å². The average molecular weight is 257 g/mol. The largest absolute Gasteiger partial charge is 0.350 e. The van der Waals surface area contributed by atoms with Crippen molar-refractivity contribution < 1.29 is 9.18 Å². The van der Waals surface area contributed by atoms with Crippen molar-refractivity contribution in [1.82, 2.24) is 5.32 Å². The van der Waals surface area contributed by atoms with E-state index in [4.69, 9.17) is 0 Å². The van der Waals surface area contributed by atoms with Crippen molar-refractivity contribution in [3.8, 4) is 11.1 Å². The van der Waals surface area contributed by atoms with Crippen LogP contribution in [-0.2, 0) is 0 Å². The molecule has 0 aromatic heterocycles. The Hall–Kier alpha value is -2.16. The standard InChI is InChI=1S/C16H16FNO/c1-11(2)18-16(19)14-10-6-9-13(15(14)17)12-7-4-3-5-8-12/h3-11H,1-2H3,(H,18,19). The van der Waals surface area contributed by atoms with Gasteiger partial charge in [-0.2, -0.15) is 0 Å². The number of amides is 1. The third kappa shape index (κ3) is 2.99. The SMILES string of the molecule is CC(C)NC(=O)c1cccc(-c2ccccc2)c1F. The summed E-state index contributed by atoms with van der Waals surface area (Å²) in [6.07, 6.45) is 0. The molecule has 0 radical (unpaired) electrons. The molecule has 0 unspecified atom stereocenters. The Kier molecular flexibility index (Phi) is 3.95. The first-order chi connectivity index (χ1) is 9.09. The van der Waals surface area contributed by atoms with E-state index >= 15 is 0 Å². The molecule has 0 aliphatic heterocycles. The van der Waals surface area contributed by atoms with Crippen molar-refractivity contribution in [1.29, 1.82) is 0 Å². The molecule has 1 amide bonds. The molecular weight excluding hydrogens is 241 g/mol.